The number of anilines is 1. The van der Waals surface area contributed by atoms with Crippen LogP contribution in [0, 0.1) is 13.8 Å². The zero-order chi connectivity index (χ0) is 20.3. The molecule has 0 atom stereocenters. The average molecular weight is 439 g/mol. The summed E-state index contributed by atoms with van der Waals surface area (Å²) >= 11 is 3.37. The van der Waals surface area contributed by atoms with E-state index in [1.54, 1.807) is 18.3 Å². The van der Waals surface area contributed by atoms with Crippen LogP contribution in [0.1, 0.15) is 27.3 Å². The van der Waals surface area contributed by atoms with Gasteiger partial charge in [-0.15, -0.1) is 0 Å². The van der Waals surface area contributed by atoms with Gasteiger partial charge in [-0.1, -0.05) is 22.0 Å². The predicted molar refractivity (Wildman–Crippen MR) is 119 cm³/mol. The molecule has 1 aromatic heterocycles. The zero-order valence-corrected chi connectivity index (χ0v) is 18.0. The summed E-state index contributed by atoms with van der Waals surface area (Å²) in [5.74, 6) is -0.245. The first-order chi connectivity index (χ1) is 13.4. The Morgan fingerprint density at radius 1 is 1.11 bits per heavy atom. The molecule has 28 heavy (non-hydrogen) atoms. The Balaban J connectivity index is 1.78. The molecule has 0 aliphatic carbocycles. The number of aromatic nitrogens is 1. The van der Waals surface area contributed by atoms with Crippen LogP contribution < -0.4 is 10.3 Å². The SMILES string of the molecule is Cc1cc(/C=N\NC(=O)c2cccc(Br)c2)c(C)n1-c1ccc(N(C)C)cc1. The summed E-state index contributed by atoms with van der Waals surface area (Å²) in [4.78, 5) is 14.3. The molecule has 1 N–H and O–H groups in total. The van der Waals surface area contributed by atoms with E-state index in [0.717, 1.165) is 32.8 Å². The fraction of sp³-hybridized carbons (Fsp3) is 0.182. The summed E-state index contributed by atoms with van der Waals surface area (Å²) in [6, 6.07) is 17.7. The van der Waals surface area contributed by atoms with E-state index in [-0.39, 0.29) is 5.91 Å². The summed E-state index contributed by atoms with van der Waals surface area (Å²) in [7, 11) is 4.05. The number of hydrogen-bond donors (Lipinski definition) is 1. The molecule has 3 aromatic rings. The van der Waals surface area contributed by atoms with Gasteiger partial charge in [0.05, 0.1) is 6.21 Å². The van der Waals surface area contributed by atoms with Gasteiger partial charge in [0.1, 0.15) is 0 Å². The average Bonchev–Trinajstić information content (AvgIpc) is 2.95. The Kier molecular flexibility index (Phi) is 5.99. The van der Waals surface area contributed by atoms with E-state index in [1.165, 1.54) is 0 Å². The zero-order valence-electron chi connectivity index (χ0n) is 16.4. The molecule has 1 amide bonds. The number of halogens is 1. The number of carbonyl (C=O) groups excluding carboxylic acids is 1. The standard InChI is InChI=1S/C22H23BrN4O/c1-15-12-18(14-24-25-22(28)17-6-5-7-19(23)13-17)16(2)27(15)21-10-8-20(9-11-21)26(3)4/h5-14H,1-4H3,(H,25,28)/b24-14-. The van der Waals surface area contributed by atoms with Gasteiger partial charge < -0.3 is 9.47 Å². The molecule has 0 spiro atoms. The maximum atomic E-state index is 12.2. The maximum absolute atomic E-state index is 12.2. The largest absolute Gasteiger partial charge is 0.378 e. The quantitative estimate of drug-likeness (QED) is 0.464. The van der Waals surface area contributed by atoms with Crippen LogP contribution in [-0.4, -0.2) is 30.8 Å². The van der Waals surface area contributed by atoms with Gasteiger partial charge in [0.15, 0.2) is 0 Å². The van der Waals surface area contributed by atoms with Gasteiger partial charge in [0, 0.05) is 52.5 Å². The molecule has 0 bridgehead atoms. The molecule has 5 nitrogen and oxygen atoms in total. The third kappa shape index (κ3) is 4.34. The molecule has 0 saturated carbocycles. The van der Waals surface area contributed by atoms with E-state index in [1.807, 2.05) is 33.2 Å². The van der Waals surface area contributed by atoms with Crippen molar-refractivity contribution in [3.05, 3.63) is 81.6 Å². The van der Waals surface area contributed by atoms with E-state index >= 15 is 0 Å². The van der Waals surface area contributed by atoms with Crippen LogP contribution >= 0.6 is 15.9 Å². The van der Waals surface area contributed by atoms with E-state index in [0.29, 0.717) is 5.56 Å². The van der Waals surface area contributed by atoms with Gasteiger partial charge in [-0.2, -0.15) is 5.10 Å². The summed E-state index contributed by atoms with van der Waals surface area (Å²) in [5.41, 5.74) is 8.52. The fourth-order valence-electron chi connectivity index (χ4n) is 3.07. The number of hydrogen-bond acceptors (Lipinski definition) is 3. The fourth-order valence-corrected chi connectivity index (χ4v) is 3.47. The Hall–Kier alpha value is -2.86. The molecule has 1 heterocycles. The second-order valence-electron chi connectivity index (χ2n) is 6.78. The van der Waals surface area contributed by atoms with Crippen molar-refractivity contribution in [2.75, 3.05) is 19.0 Å². The number of amides is 1. The van der Waals surface area contributed by atoms with Crippen molar-refractivity contribution in [2.45, 2.75) is 13.8 Å². The molecule has 144 valence electrons. The summed E-state index contributed by atoms with van der Waals surface area (Å²) in [6.45, 7) is 4.11. The Morgan fingerprint density at radius 2 is 1.82 bits per heavy atom. The lowest BCUT2D eigenvalue weighted by Gasteiger charge is -2.14. The van der Waals surface area contributed by atoms with Crippen LogP contribution in [0.5, 0.6) is 0 Å². The minimum absolute atomic E-state index is 0.245. The van der Waals surface area contributed by atoms with Crippen molar-refractivity contribution in [1.82, 2.24) is 9.99 Å². The summed E-state index contributed by atoms with van der Waals surface area (Å²) < 4.78 is 3.03. The number of carbonyl (C=O) groups is 1. The molecule has 3 rings (SSSR count). The predicted octanol–water partition coefficient (Wildman–Crippen LogP) is 4.69. The third-order valence-electron chi connectivity index (χ3n) is 4.55. The normalized spacial score (nSPS) is 11.0. The molecule has 2 aromatic carbocycles. The van der Waals surface area contributed by atoms with Crippen molar-refractivity contribution >= 4 is 33.7 Å². The molecule has 0 saturated heterocycles. The lowest BCUT2D eigenvalue weighted by atomic mass is 10.2. The van der Waals surface area contributed by atoms with E-state index < -0.39 is 0 Å². The molecule has 6 heteroatoms. The Bertz CT molecular complexity index is 1020. The van der Waals surface area contributed by atoms with Crippen molar-refractivity contribution < 1.29 is 4.79 Å². The minimum atomic E-state index is -0.245. The Labute approximate surface area is 173 Å². The monoisotopic (exact) mass is 438 g/mol. The molecule has 0 unspecified atom stereocenters. The van der Waals surface area contributed by atoms with Crippen LogP contribution in [0.2, 0.25) is 0 Å². The number of aryl methyl sites for hydroxylation is 1. The number of rotatable bonds is 5. The highest BCUT2D eigenvalue weighted by Gasteiger charge is 2.10. The van der Waals surface area contributed by atoms with Gasteiger partial charge in [0.25, 0.3) is 5.91 Å². The third-order valence-corrected chi connectivity index (χ3v) is 5.04. The first kappa shape index (κ1) is 19.9. The first-order valence-electron chi connectivity index (χ1n) is 8.92. The van der Waals surface area contributed by atoms with Gasteiger partial charge >= 0.3 is 0 Å². The smallest absolute Gasteiger partial charge is 0.271 e. The lowest BCUT2D eigenvalue weighted by molar-refractivity contribution is 0.0955. The summed E-state index contributed by atoms with van der Waals surface area (Å²) in [5, 5.41) is 4.13. The highest BCUT2D eigenvalue weighted by Crippen LogP contribution is 2.22. The van der Waals surface area contributed by atoms with Crippen LogP contribution in [0.15, 0.2) is 64.2 Å². The molecule has 0 aliphatic rings. The second-order valence-corrected chi connectivity index (χ2v) is 7.70. The Morgan fingerprint density at radius 3 is 2.46 bits per heavy atom. The lowest BCUT2D eigenvalue weighted by Crippen LogP contribution is -2.17. The van der Waals surface area contributed by atoms with Crippen molar-refractivity contribution in [1.29, 1.82) is 0 Å². The number of hydrazone groups is 1. The van der Waals surface area contributed by atoms with Crippen molar-refractivity contribution in [2.24, 2.45) is 5.10 Å². The van der Waals surface area contributed by atoms with E-state index in [2.05, 4.69) is 73.2 Å². The topological polar surface area (TPSA) is 49.6 Å². The van der Waals surface area contributed by atoms with Crippen molar-refractivity contribution in [3.63, 3.8) is 0 Å². The van der Waals surface area contributed by atoms with Crippen molar-refractivity contribution in [3.8, 4) is 5.69 Å². The van der Waals surface area contributed by atoms with Crippen LogP contribution in [0.25, 0.3) is 5.69 Å². The highest BCUT2D eigenvalue weighted by molar-refractivity contribution is 9.10. The highest BCUT2D eigenvalue weighted by atomic mass is 79.9. The van der Waals surface area contributed by atoms with Crippen LogP contribution in [-0.2, 0) is 0 Å². The van der Waals surface area contributed by atoms with Gasteiger partial charge in [-0.3, -0.25) is 4.79 Å². The first-order valence-corrected chi connectivity index (χ1v) is 9.72. The minimum Gasteiger partial charge on any atom is -0.378 e. The molecule has 0 fully saturated rings. The number of nitrogens with zero attached hydrogens (tertiary/aromatic N) is 3. The van der Waals surface area contributed by atoms with Crippen LogP contribution in [0.3, 0.4) is 0 Å². The second kappa shape index (κ2) is 8.44. The van der Waals surface area contributed by atoms with E-state index in [9.17, 15) is 4.79 Å². The van der Waals surface area contributed by atoms with Gasteiger partial charge in [0.2, 0.25) is 0 Å². The van der Waals surface area contributed by atoms with Gasteiger partial charge in [-0.05, 0) is 62.4 Å². The molecular weight excluding hydrogens is 416 g/mol. The molecule has 0 radical (unpaired) electrons. The summed E-state index contributed by atoms with van der Waals surface area (Å²) in [6.07, 6.45) is 1.68. The molecule has 0 aliphatic heterocycles. The van der Waals surface area contributed by atoms with Crippen LogP contribution in [0.4, 0.5) is 5.69 Å². The number of benzene rings is 2. The maximum Gasteiger partial charge on any atom is 0.271 e. The van der Waals surface area contributed by atoms with E-state index in [4.69, 9.17) is 0 Å². The number of nitrogens with one attached hydrogen (secondary N) is 1. The van der Waals surface area contributed by atoms with Gasteiger partial charge in [-0.25, -0.2) is 5.43 Å². The molecular formula is C22H23BrN4O.